The number of hydrogen-bond acceptors (Lipinski definition) is 2. The molecule has 4 N–H and O–H groups in total. The summed E-state index contributed by atoms with van der Waals surface area (Å²) >= 11 is 0. The third-order valence-corrected chi connectivity index (χ3v) is 0. The van der Waals surface area contributed by atoms with Gasteiger partial charge in [0.25, 0.3) is 0 Å². The number of hydrogen-bond donors (Lipinski definition) is 2. The molecule has 5 nitrogen and oxygen atoms in total. The van der Waals surface area contributed by atoms with Crippen molar-refractivity contribution in [2.24, 2.45) is 0 Å². The molecular formula is H7K3O5S. The van der Waals surface area contributed by atoms with Crippen LogP contribution in [0.25, 0.3) is 0 Å². The van der Waals surface area contributed by atoms with Crippen LogP contribution in [0.5, 0.6) is 0 Å². The molecule has 0 saturated heterocycles. The van der Waals surface area contributed by atoms with Gasteiger partial charge in [0.1, 0.15) is 0 Å². The van der Waals surface area contributed by atoms with Crippen LogP contribution in [0.1, 0.15) is 4.28 Å². The molecule has 0 saturated carbocycles. The molecule has 9 heteroatoms. The van der Waals surface area contributed by atoms with Gasteiger partial charge in [-0.1, -0.05) is 0 Å². The summed E-state index contributed by atoms with van der Waals surface area (Å²) in [5, 5.41) is 0. The predicted octanol–water partition coefficient (Wildman–Crippen LogP) is -10.1. The second kappa shape index (κ2) is 15.2. The molecule has 0 aliphatic carbocycles. The summed E-state index contributed by atoms with van der Waals surface area (Å²) in [6, 6.07) is 0. The smallest absolute Gasteiger partial charge is 1.00 e. The summed E-state index contributed by atoms with van der Waals surface area (Å²) < 4.78 is 31.6. The van der Waals surface area contributed by atoms with Crippen molar-refractivity contribution < 1.29 is 181 Å². The van der Waals surface area contributed by atoms with E-state index >= 15 is 0 Å². The third kappa shape index (κ3) is 65.4. The van der Waals surface area contributed by atoms with Gasteiger partial charge in [0.05, 0.1) is 0 Å². The van der Waals surface area contributed by atoms with Crippen molar-refractivity contribution in [1.29, 1.82) is 0 Å². The Morgan fingerprint density at radius 1 is 1.00 bits per heavy atom. The standard InChI is InChI=1S/3K.H2O4S.H2O.3H/c;;;1-5(2,3)4;;;;/h;;;(H2,1,2,3,4);1H2;;;/q3*+1;;;3*-1. The van der Waals surface area contributed by atoms with Gasteiger partial charge in [-0.2, -0.15) is 8.42 Å². The van der Waals surface area contributed by atoms with Crippen LogP contribution in [0.2, 0.25) is 0 Å². The van der Waals surface area contributed by atoms with Gasteiger partial charge in [-0.05, 0) is 0 Å². The van der Waals surface area contributed by atoms with Crippen molar-refractivity contribution in [3.05, 3.63) is 0 Å². The molecule has 0 bridgehead atoms. The van der Waals surface area contributed by atoms with E-state index in [1.165, 1.54) is 0 Å². The van der Waals surface area contributed by atoms with Gasteiger partial charge in [0.15, 0.2) is 0 Å². The first-order valence-corrected chi connectivity index (χ1v) is 2.10. The average Bonchev–Trinajstić information content (AvgIpc) is 0.722. The molecule has 0 radical (unpaired) electrons. The summed E-state index contributed by atoms with van der Waals surface area (Å²) in [5.74, 6) is 0. The van der Waals surface area contributed by atoms with E-state index in [0.717, 1.165) is 0 Å². The van der Waals surface area contributed by atoms with Crippen molar-refractivity contribution in [2.45, 2.75) is 0 Å². The zero-order valence-electron chi connectivity index (χ0n) is 8.62. The molecular weight excluding hydrogens is 229 g/mol. The monoisotopic (exact) mass is 236 g/mol. The van der Waals surface area contributed by atoms with Crippen molar-refractivity contribution in [1.82, 2.24) is 0 Å². The van der Waals surface area contributed by atoms with Gasteiger partial charge < -0.3 is 9.76 Å². The second-order valence-corrected chi connectivity index (χ2v) is 1.34. The largest absolute Gasteiger partial charge is 1.00 e. The maximum atomic E-state index is 8.74. The van der Waals surface area contributed by atoms with E-state index in [2.05, 4.69) is 0 Å². The fourth-order valence-electron chi connectivity index (χ4n) is 0. The van der Waals surface area contributed by atoms with Crippen LogP contribution in [0.3, 0.4) is 0 Å². The molecule has 9 heavy (non-hydrogen) atoms. The SMILES string of the molecule is O.O=S(=O)(O)O.[H-].[H-].[H-].[K+].[K+].[K+]. The Labute approximate surface area is 186 Å². The molecule has 0 spiro atoms. The molecule has 0 aliphatic heterocycles. The van der Waals surface area contributed by atoms with Gasteiger partial charge in [-0.25, -0.2) is 0 Å². The van der Waals surface area contributed by atoms with Crippen molar-refractivity contribution in [3.8, 4) is 0 Å². The first-order chi connectivity index (χ1) is 2.00. The Bertz CT molecular complexity index is 105. The van der Waals surface area contributed by atoms with Crippen molar-refractivity contribution in [2.75, 3.05) is 0 Å². The fraction of sp³-hybridized carbons (Fsp3) is 0. The van der Waals surface area contributed by atoms with Gasteiger partial charge in [0.2, 0.25) is 0 Å². The fourth-order valence-corrected chi connectivity index (χ4v) is 0. The number of rotatable bonds is 0. The zero-order chi connectivity index (χ0) is 4.50. The first kappa shape index (κ1) is 29.2. The van der Waals surface area contributed by atoms with Crippen molar-refractivity contribution >= 4 is 10.4 Å². The van der Waals surface area contributed by atoms with Crippen molar-refractivity contribution in [3.63, 3.8) is 0 Å². The van der Waals surface area contributed by atoms with Gasteiger partial charge >= 0.3 is 165 Å². The van der Waals surface area contributed by atoms with E-state index in [1.807, 2.05) is 0 Å². The predicted molar refractivity (Wildman–Crippen MR) is 21.1 cm³/mol. The van der Waals surface area contributed by atoms with E-state index in [4.69, 9.17) is 17.5 Å². The van der Waals surface area contributed by atoms with Crippen LogP contribution in [0.15, 0.2) is 0 Å². The second-order valence-electron chi connectivity index (χ2n) is 0.448. The maximum Gasteiger partial charge on any atom is 1.00 e. The van der Waals surface area contributed by atoms with Crippen LogP contribution >= 0.6 is 0 Å². The Kier molecular flexibility index (Phi) is 49.4. The van der Waals surface area contributed by atoms with Crippen LogP contribution in [0, 0.1) is 0 Å². The summed E-state index contributed by atoms with van der Waals surface area (Å²) in [6.45, 7) is 0. The molecule has 46 valence electrons. The van der Waals surface area contributed by atoms with Crippen LogP contribution in [-0.4, -0.2) is 23.0 Å². The Balaban J connectivity index is -0.00000000381. The van der Waals surface area contributed by atoms with E-state index < -0.39 is 10.4 Å². The van der Waals surface area contributed by atoms with E-state index in [0.29, 0.717) is 0 Å². The molecule has 0 amide bonds. The molecule has 0 aromatic carbocycles. The maximum absolute atomic E-state index is 8.74. The molecule has 0 unspecified atom stereocenters. The quantitative estimate of drug-likeness (QED) is 0.322. The van der Waals surface area contributed by atoms with Gasteiger partial charge in [-0.3, -0.25) is 9.11 Å². The van der Waals surface area contributed by atoms with Crippen LogP contribution < -0.4 is 154 Å². The molecule has 0 aromatic rings. The molecule has 0 atom stereocenters. The summed E-state index contributed by atoms with van der Waals surface area (Å²) in [5.41, 5.74) is 0. The summed E-state index contributed by atoms with van der Waals surface area (Å²) in [4.78, 5) is 0. The Morgan fingerprint density at radius 3 is 1.00 bits per heavy atom. The summed E-state index contributed by atoms with van der Waals surface area (Å²) in [7, 11) is -4.67. The molecule has 0 aromatic heterocycles. The minimum absolute atomic E-state index is 0. The molecule has 0 heterocycles. The minimum Gasteiger partial charge on any atom is -1.00 e. The Morgan fingerprint density at radius 2 is 1.00 bits per heavy atom. The summed E-state index contributed by atoms with van der Waals surface area (Å²) in [6.07, 6.45) is 0. The third-order valence-electron chi connectivity index (χ3n) is 0. The van der Waals surface area contributed by atoms with Gasteiger partial charge in [0, 0.05) is 0 Å². The molecule has 0 fully saturated rings. The first-order valence-electron chi connectivity index (χ1n) is 0.698. The van der Waals surface area contributed by atoms with Crippen LogP contribution in [0.4, 0.5) is 0 Å². The average molecular weight is 236 g/mol. The van der Waals surface area contributed by atoms with Gasteiger partial charge in [-0.15, -0.1) is 0 Å². The van der Waals surface area contributed by atoms with E-state index in [9.17, 15) is 0 Å². The normalized spacial score (nSPS) is 6.44. The Hall–Kier alpha value is 4.74. The van der Waals surface area contributed by atoms with E-state index in [-0.39, 0.29) is 164 Å². The zero-order valence-corrected chi connectivity index (χ0v) is 15.8. The minimum atomic E-state index is -4.67. The molecule has 0 rings (SSSR count). The van der Waals surface area contributed by atoms with E-state index in [1.54, 1.807) is 0 Å². The van der Waals surface area contributed by atoms with Crippen LogP contribution in [-0.2, 0) is 10.4 Å². The molecule has 0 aliphatic rings. The topological polar surface area (TPSA) is 106 Å².